The molecule has 1 heterocycles. The van der Waals surface area contributed by atoms with Crippen molar-refractivity contribution in [1.29, 1.82) is 0 Å². The molecule has 0 radical (unpaired) electrons. The molecule has 1 aromatic rings. The summed E-state index contributed by atoms with van der Waals surface area (Å²) < 4.78 is 1.91. The topological polar surface area (TPSA) is 29.9 Å². The number of rotatable bonds is 5. The Morgan fingerprint density at radius 1 is 1.43 bits per heavy atom. The van der Waals surface area contributed by atoms with Crippen LogP contribution >= 0.6 is 0 Å². The third kappa shape index (κ3) is 2.35. The van der Waals surface area contributed by atoms with Gasteiger partial charge in [-0.3, -0.25) is 4.68 Å². The maximum absolute atomic E-state index is 4.46. The average Bonchev–Trinajstić information content (AvgIpc) is 2.55. The van der Waals surface area contributed by atoms with Gasteiger partial charge in [0.15, 0.2) is 0 Å². The number of nitrogens with zero attached hydrogens (tertiary/aromatic N) is 2. The van der Waals surface area contributed by atoms with Gasteiger partial charge < -0.3 is 5.32 Å². The summed E-state index contributed by atoms with van der Waals surface area (Å²) in [6.45, 7) is 7.52. The summed E-state index contributed by atoms with van der Waals surface area (Å²) >= 11 is 0. The van der Waals surface area contributed by atoms with E-state index in [0.717, 1.165) is 19.4 Å². The molecule has 1 rings (SSSR count). The Hall–Kier alpha value is -0.830. The van der Waals surface area contributed by atoms with Crippen LogP contribution in [0.25, 0.3) is 0 Å². The van der Waals surface area contributed by atoms with Crippen molar-refractivity contribution in [3.63, 3.8) is 0 Å². The molecular weight excluding hydrogens is 174 g/mol. The molecule has 1 N–H and O–H groups in total. The van der Waals surface area contributed by atoms with Crippen LogP contribution in [0.2, 0.25) is 0 Å². The molecule has 0 aliphatic heterocycles. The van der Waals surface area contributed by atoms with E-state index in [1.165, 1.54) is 11.3 Å². The van der Waals surface area contributed by atoms with Crippen LogP contribution in [-0.4, -0.2) is 16.3 Å². The summed E-state index contributed by atoms with van der Waals surface area (Å²) in [7, 11) is 1.99. The maximum atomic E-state index is 4.46. The molecule has 0 spiro atoms. The summed E-state index contributed by atoms with van der Waals surface area (Å²) in [6.07, 6.45) is 4.26. The first-order valence-corrected chi connectivity index (χ1v) is 5.48. The van der Waals surface area contributed by atoms with Crippen molar-refractivity contribution in [3.05, 3.63) is 17.5 Å². The summed E-state index contributed by atoms with van der Waals surface area (Å²) in [5.41, 5.74) is 2.58. The lowest BCUT2D eigenvalue weighted by Crippen LogP contribution is -2.20. The van der Waals surface area contributed by atoms with Crippen molar-refractivity contribution >= 4 is 0 Å². The Morgan fingerprint density at radius 3 is 2.64 bits per heavy atom. The van der Waals surface area contributed by atoms with Crippen LogP contribution in [0.3, 0.4) is 0 Å². The van der Waals surface area contributed by atoms with Crippen LogP contribution in [0.15, 0.2) is 6.20 Å². The fourth-order valence-corrected chi connectivity index (χ4v) is 1.84. The monoisotopic (exact) mass is 195 g/mol. The molecule has 1 unspecified atom stereocenters. The molecule has 80 valence electrons. The van der Waals surface area contributed by atoms with Crippen molar-refractivity contribution < 1.29 is 0 Å². The van der Waals surface area contributed by atoms with E-state index in [9.17, 15) is 0 Å². The predicted octanol–water partition coefficient (Wildman–Crippen LogP) is 2.04. The van der Waals surface area contributed by atoms with Gasteiger partial charge in [0.05, 0.1) is 5.69 Å². The number of nitrogens with one attached hydrogen (secondary N) is 1. The van der Waals surface area contributed by atoms with E-state index in [-0.39, 0.29) is 0 Å². The Kier molecular flexibility index (Phi) is 4.14. The van der Waals surface area contributed by atoms with Gasteiger partial charge in [0.1, 0.15) is 0 Å². The van der Waals surface area contributed by atoms with E-state index in [1.807, 2.05) is 11.7 Å². The van der Waals surface area contributed by atoms with Gasteiger partial charge in [-0.25, -0.2) is 0 Å². The molecule has 0 amide bonds. The average molecular weight is 195 g/mol. The first-order chi connectivity index (χ1) is 6.72. The number of aromatic nitrogens is 2. The first kappa shape index (κ1) is 11.2. The zero-order chi connectivity index (χ0) is 10.6. The molecule has 0 aromatic carbocycles. The van der Waals surface area contributed by atoms with Gasteiger partial charge in [-0.15, -0.1) is 0 Å². The minimum atomic E-state index is 0.462. The summed E-state index contributed by atoms with van der Waals surface area (Å²) in [4.78, 5) is 0. The largest absolute Gasteiger partial charge is 0.310 e. The number of hydrogen-bond donors (Lipinski definition) is 1. The highest BCUT2D eigenvalue weighted by Gasteiger charge is 2.14. The lowest BCUT2D eigenvalue weighted by atomic mass is 10.0. The van der Waals surface area contributed by atoms with Gasteiger partial charge in [0.2, 0.25) is 0 Å². The van der Waals surface area contributed by atoms with E-state index >= 15 is 0 Å². The number of aryl methyl sites for hydroxylation is 2. The second-order valence-electron chi connectivity index (χ2n) is 3.58. The minimum absolute atomic E-state index is 0.462. The molecule has 0 bridgehead atoms. The van der Waals surface area contributed by atoms with Crippen LogP contribution in [0, 0.1) is 0 Å². The molecule has 14 heavy (non-hydrogen) atoms. The Bertz CT molecular complexity index is 278. The van der Waals surface area contributed by atoms with Crippen LogP contribution in [0.4, 0.5) is 0 Å². The van der Waals surface area contributed by atoms with E-state index < -0.39 is 0 Å². The van der Waals surface area contributed by atoms with Gasteiger partial charge in [0.25, 0.3) is 0 Å². The fraction of sp³-hybridized carbons (Fsp3) is 0.727. The fourth-order valence-electron chi connectivity index (χ4n) is 1.84. The summed E-state index contributed by atoms with van der Waals surface area (Å²) in [5, 5.41) is 7.94. The minimum Gasteiger partial charge on any atom is -0.310 e. The SMILES string of the molecule is CCNC(CC)c1cn(C)nc1CC. The van der Waals surface area contributed by atoms with Crippen molar-refractivity contribution in [2.24, 2.45) is 7.05 Å². The third-order valence-electron chi connectivity index (χ3n) is 2.51. The van der Waals surface area contributed by atoms with E-state index in [0.29, 0.717) is 6.04 Å². The van der Waals surface area contributed by atoms with Crippen LogP contribution in [0.1, 0.15) is 44.5 Å². The second-order valence-corrected chi connectivity index (χ2v) is 3.58. The van der Waals surface area contributed by atoms with Gasteiger partial charge in [-0.2, -0.15) is 5.10 Å². The molecule has 0 saturated heterocycles. The smallest absolute Gasteiger partial charge is 0.0669 e. The quantitative estimate of drug-likeness (QED) is 0.779. The van der Waals surface area contributed by atoms with Crippen molar-refractivity contribution in [3.8, 4) is 0 Å². The highest BCUT2D eigenvalue weighted by molar-refractivity contribution is 5.21. The molecular formula is C11H21N3. The normalized spacial score (nSPS) is 13.1. The second kappa shape index (κ2) is 5.15. The third-order valence-corrected chi connectivity index (χ3v) is 2.51. The highest BCUT2D eigenvalue weighted by atomic mass is 15.3. The lowest BCUT2D eigenvalue weighted by molar-refractivity contribution is 0.533. The maximum Gasteiger partial charge on any atom is 0.0669 e. The Morgan fingerprint density at radius 2 is 2.14 bits per heavy atom. The summed E-state index contributed by atoms with van der Waals surface area (Å²) in [5.74, 6) is 0. The molecule has 0 aliphatic rings. The van der Waals surface area contributed by atoms with E-state index in [2.05, 4.69) is 37.4 Å². The zero-order valence-electron chi connectivity index (χ0n) is 9.67. The zero-order valence-corrected chi connectivity index (χ0v) is 9.67. The molecule has 0 aliphatic carbocycles. The standard InChI is InChI=1S/C11H21N3/c1-5-10(12-7-3)9-8-14(4)13-11(9)6-2/h8,10,12H,5-7H2,1-4H3. The van der Waals surface area contributed by atoms with Crippen molar-refractivity contribution in [2.75, 3.05) is 6.54 Å². The lowest BCUT2D eigenvalue weighted by Gasteiger charge is -2.15. The number of hydrogen-bond acceptors (Lipinski definition) is 2. The Balaban J connectivity index is 2.89. The van der Waals surface area contributed by atoms with Crippen LogP contribution in [0.5, 0.6) is 0 Å². The van der Waals surface area contributed by atoms with E-state index in [1.54, 1.807) is 0 Å². The molecule has 3 heteroatoms. The molecule has 3 nitrogen and oxygen atoms in total. The first-order valence-electron chi connectivity index (χ1n) is 5.48. The van der Waals surface area contributed by atoms with Crippen molar-refractivity contribution in [1.82, 2.24) is 15.1 Å². The molecule has 1 atom stereocenters. The molecule has 1 aromatic heterocycles. The van der Waals surface area contributed by atoms with Gasteiger partial charge >= 0.3 is 0 Å². The van der Waals surface area contributed by atoms with Crippen LogP contribution < -0.4 is 5.32 Å². The van der Waals surface area contributed by atoms with E-state index in [4.69, 9.17) is 0 Å². The van der Waals surface area contributed by atoms with Gasteiger partial charge in [-0.05, 0) is 19.4 Å². The molecule has 0 saturated carbocycles. The van der Waals surface area contributed by atoms with Crippen molar-refractivity contribution in [2.45, 2.75) is 39.7 Å². The van der Waals surface area contributed by atoms with Crippen LogP contribution in [-0.2, 0) is 13.5 Å². The van der Waals surface area contributed by atoms with Gasteiger partial charge in [0, 0.05) is 24.8 Å². The Labute approximate surface area is 86.5 Å². The highest BCUT2D eigenvalue weighted by Crippen LogP contribution is 2.20. The summed E-state index contributed by atoms with van der Waals surface area (Å²) in [6, 6.07) is 0.462. The van der Waals surface area contributed by atoms with Gasteiger partial charge in [-0.1, -0.05) is 20.8 Å². The molecule has 0 fully saturated rings. The predicted molar refractivity (Wildman–Crippen MR) is 59.3 cm³/mol.